The van der Waals surface area contributed by atoms with Crippen molar-refractivity contribution in [3.63, 3.8) is 0 Å². The molecule has 3 amide bonds. The van der Waals surface area contributed by atoms with E-state index < -0.39 is 0 Å². The molecule has 1 aliphatic heterocycles. The van der Waals surface area contributed by atoms with E-state index in [0.29, 0.717) is 19.6 Å². The Labute approximate surface area is 118 Å². The largest absolute Gasteiger partial charge is 0.336 e. The summed E-state index contributed by atoms with van der Waals surface area (Å²) in [6, 6.07) is 3.78. The van der Waals surface area contributed by atoms with Crippen LogP contribution in [0.5, 0.6) is 0 Å². The van der Waals surface area contributed by atoms with Gasteiger partial charge in [-0.1, -0.05) is 0 Å². The van der Waals surface area contributed by atoms with Gasteiger partial charge in [-0.2, -0.15) is 0 Å². The molecule has 1 unspecified atom stereocenters. The second-order valence-corrected chi connectivity index (χ2v) is 6.84. The van der Waals surface area contributed by atoms with Gasteiger partial charge >= 0.3 is 6.03 Å². The first kappa shape index (κ1) is 13.5. The van der Waals surface area contributed by atoms with Crippen LogP contribution in [0.25, 0.3) is 0 Å². The summed E-state index contributed by atoms with van der Waals surface area (Å²) in [4.78, 5) is 26.8. The highest BCUT2D eigenvalue weighted by Gasteiger charge is 2.28. The fourth-order valence-electron chi connectivity index (χ4n) is 1.87. The monoisotopic (exact) mass is 332 g/mol. The van der Waals surface area contributed by atoms with Gasteiger partial charge in [0.05, 0.1) is 15.7 Å². The lowest BCUT2D eigenvalue weighted by molar-refractivity contribution is -0.885. The zero-order chi connectivity index (χ0) is 13.1. The minimum absolute atomic E-state index is 0.113. The van der Waals surface area contributed by atoms with E-state index in [1.165, 1.54) is 9.78 Å². The number of amides is 3. The smallest absolute Gasteiger partial charge is 0.324 e. The molecule has 18 heavy (non-hydrogen) atoms. The van der Waals surface area contributed by atoms with E-state index in [9.17, 15) is 9.59 Å². The number of imide groups is 1. The molecule has 1 aromatic heterocycles. The maximum atomic E-state index is 11.9. The first-order valence-corrected chi connectivity index (χ1v) is 7.31. The lowest BCUT2D eigenvalue weighted by atomic mass is 10.4. The second kappa shape index (κ2) is 5.81. The van der Waals surface area contributed by atoms with Crippen molar-refractivity contribution in [2.45, 2.75) is 6.54 Å². The molecule has 5 nitrogen and oxygen atoms in total. The molecular formula is C11H15BrN3O2S+. The molecular weight excluding hydrogens is 318 g/mol. The Balaban J connectivity index is 1.85. The Kier molecular flexibility index (Phi) is 4.36. The normalized spacial score (nSPS) is 16.8. The highest BCUT2D eigenvalue weighted by Crippen LogP contribution is 2.21. The first-order chi connectivity index (χ1) is 8.56. The summed E-state index contributed by atoms with van der Waals surface area (Å²) >= 11 is 5.08. The number of quaternary nitrogens is 1. The number of carbonyl (C=O) groups excluding carboxylic acids is 2. The number of likely N-dealkylation sites (N-methyl/N-ethyl adjacent to an activating group) is 1. The summed E-state index contributed by atoms with van der Waals surface area (Å²) in [6.45, 7) is 2.16. The SMILES string of the molecule is C[NH+](CC(=O)N1CCNC1=O)Cc1ccc(Br)s1. The number of halogens is 1. The molecule has 2 rings (SSSR count). The maximum Gasteiger partial charge on any atom is 0.324 e. The topological polar surface area (TPSA) is 53.9 Å². The van der Waals surface area contributed by atoms with Gasteiger partial charge in [0.15, 0.2) is 6.54 Å². The molecule has 1 fully saturated rings. The van der Waals surface area contributed by atoms with Crippen LogP contribution in [0.3, 0.4) is 0 Å². The van der Waals surface area contributed by atoms with Crippen LogP contribution in [0.2, 0.25) is 0 Å². The highest BCUT2D eigenvalue weighted by atomic mass is 79.9. The third-order valence-electron chi connectivity index (χ3n) is 2.72. The van der Waals surface area contributed by atoms with Gasteiger partial charge in [-0.15, -0.1) is 11.3 Å². The van der Waals surface area contributed by atoms with E-state index in [0.717, 1.165) is 15.2 Å². The van der Waals surface area contributed by atoms with Gasteiger partial charge < -0.3 is 10.2 Å². The van der Waals surface area contributed by atoms with Gasteiger partial charge in [0.1, 0.15) is 6.54 Å². The number of nitrogens with one attached hydrogen (secondary N) is 2. The maximum absolute atomic E-state index is 11.9. The number of carbonyl (C=O) groups is 2. The zero-order valence-corrected chi connectivity index (χ0v) is 12.4. The van der Waals surface area contributed by atoms with Crippen LogP contribution in [-0.4, -0.2) is 43.5 Å². The number of rotatable bonds is 4. The molecule has 0 saturated carbocycles. The lowest BCUT2D eigenvalue weighted by Gasteiger charge is -2.16. The Bertz CT molecular complexity index is 463. The molecule has 1 aliphatic rings. The van der Waals surface area contributed by atoms with Crippen molar-refractivity contribution < 1.29 is 14.5 Å². The van der Waals surface area contributed by atoms with Crippen LogP contribution in [0.4, 0.5) is 4.79 Å². The summed E-state index contributed by atoms with van der Waals surface area (Å²) in [5, 5.41) is 2.63. The molecule has 1 aromatic rings. The summed E-state index contributed by atoms with van der Waals surface area (Å²) in [7, 11) is 1.96. The fraction of sp³-hybridized carbons (Fsp3) is 0.455. The summed E-state index contributed by atoms with van der Waals surface area (Å²) in [6.07, 6.45) is 0. The predicted molar refractivity (Wildman–Crippen MR) is 72.6 cm³/mol. The van der Waals surface area contributed by atoms with E-state index in [4.69, 9.17) is 0 Å². The van der Waals surface area contributed by atoms with Gasteiger partial charge in [0.25, 0.3) is 5.91 Å². The van der Waals surface area contributed by atoms with Crippen molar-refractivity contribution in [1.29, 1.82) is 0 Å². The van der Waals surface area contributed by atoms with E-state index >= 15 is 0 Å². The molecule has 0 bridgehead atoms. The van der Waals surface area contributed by atoms with Crippen LogP contribution in [0.1, 0.15) is 4.88 Å². The van der Waals surface area contributed by atoms with E-state index in [1.54, 1.807) is 11.3 Å². The molecule has 0 aliphatic carbocycles. The molecule has 2 N–H and O–H groups in total. The predicted octanol–water partition coefficient (Wildman–Crippen LogP) is 0.0771. The van der Waals surface area contributed by atoms with Crippen molar-refractivity contribution in [3.05, 3.63) is 20.8 Å². The second-order valence-electron chi connectivity index (χ2n) is 4.29. The Morgan fingerprint density at radius 3 is 2.94 bits per heavy atom. The number of hydrogen-bond donors (Lipinski definition) is 2. The molecule has 0 radical (unpaired) electrons. The molecule has 1 saturated heterocycles. The number of hydrogen-bond acceptors (Lipinski definition) is 3. The highest BCUT2D eigenvalue weighted by molar-refractivity contribution is 9.11. The molecule has 7 heteroatoms. The summed E-state index contributed by atoms with van der Waals surface area (Å²) < 4.78 is 1.09. The van der Waals surface area contributed by atoms with E-state index in [-0.39, 0.29) is 11.9 Å². The molecule has 0 aromatic carbocycles. The van der Waals surface area contributed by atoms with Gasteiger partial charge in [-0.05, 0) is 28.1 Å². The summed E-state index contributed by atoms with van der Waals surface area (Å²) in [5.41, 5.74) is 0. The number of thiophene rings is 1. The van der Waals surface area contributed by atoms with Crippen LogP contribution < -0.4 is 10.2 Å². The average molecular weight is 333 g/mol. The minimum atomic E-state index is -0.272. The minimum Gasteiger partial charge on any atom is -0.336 e. The Morgan fingerprint density at radius 1 is 1.61 bits per heavy atom. The third kappa shape index (κ3) is 3.30. The van der Waals surface area contributed by atoms with Crippen LogP contribution in [-0.2, 0) is 11.3 Å². The number of nitrogens with zero attached hydrogens (tertiary/aromatic N) is 1. The van der Waals surface area contributed by atoms with Gasteiger partial charge in [0.2, 0.25) is 0 Å². The molecule has 0 spiro atoms. The van der Waals surface area contributed by atoms with Crippen molar-refractivity contribution in [3.8, 4) is 0 Å². The zero-order valence-electron chi connectivity index (χ0n) is 10.0. The lowest BCUT2D eigenvalue weighted by Crippen LogP contribution is -3.08. The van der Waals surface area contributed by atoms with Crippen LogP contribution in [0, 0.1) is 0 Å². The quantitative estimate of drug-likeness (QED) is 0.820. The van der Waals surface area contributed by atoms with Crippen molar-refractivity contribution in [2.24, 2.45) is 0 Å². The van der Waals surface area contributed by atoms with Crippen LogP contribution >= 0.6 is 27.3 Å². The Morgan fingerprint density at radius 2 is 2.39 bits per heavy atom. The third-order valence-corrected chi connectivity index (χ3v) is 4.34. The number of urea groups is 1. The van der Waals surface area contributed by atoms with Crippen molar-refractivity contribution in [2.75, 3.05) is 26.7 Å². The van der Waals surface area contributed by atoms with E-state index in [2.05, 4.69) is 21.2 Å². The van der Waals surface area contributed by atoms with Crippen LogP contribution in [0.15, 0.2) is 15.9 Å². The van der Waals surface area contributed by atoms with Crippen molar-refractivity contribution >= 4 is 39.2 Å². The van der Waals surface area contributed by atoms with E-state index in [1.807, 2.05) is 19.2 Å². The first-order valence-electron chi connectivity index (χ1n) is 5.70. The average Bonchev–Trinajstić information content (AvgIpc) is 2.87. The Hall–Kier alpha value is -0.920. The van der Waals surface area contributed by atoms with Gasteiger partial charge in [0, 0.05) is 13.1 Å². The van der Waals surface area contributed by atoms with Crippen molar-refractivity contribution in [1.82, 2.24) is 10.2 Å². The standard InChI is InChI=1S/C11H14BrN3O2S/c1-14(6-8-2-3-9(12)18-8)7-10(16)15-5-4-13-11(15)17/h2-3H,4-7H2,1H3,(H,13,17)/p+1. The molecule has 98 valence electrons. The van der Waals surface area contributed by atoms with Gasteiger partial charge in [-0.25, -0.2) is 4.79 Å². The summed E-state index contributed by atoms with van der Waals surface area (Å²) in [5.74, 6) is -0.113. The molecule has 2 heterocycles. The fourth-order valence-corrected chi connectivity index (χ4v) is 3.47. The van der Waals surface area contributed by atoms with Gasteiger partial charge in [-0.3, -0.25) is 9.69 Å². The molecule has 1 atom stereocenters.